The van der Waals surface area contributed by atoms with E-state index in [1.165, 1.54) is 15.6 Å². The second kappa shape index (κ2) is 6.89. The SMILES string of the molecule is Cc1ccc(S(=O)(=O)N2CCCC(C(=O)N3CC4CCC(O)C4C3)C2)s1. The number of nitrogens with zero attached hydrogens (tertiary/aromatic N) is 2. The molecule has 1 aromatic heterocycles. The number of hydrogen-bond acceptors (Lipinski definition) is 5. The maximum absolute atomic E-state index is 13.0. The molecule has 1 aromatic rings. The minimum atomic E-state index is -3.51. The number of sulfonamides is 1. The first-order chi connectivity index (χ1) is 12.4. The van der Waals surface area contributed by atoms with Crippen LogP contribution in [0.3, 0.4) is 0 Å². The van der Waals surface area contributed by atoms with E-state index in [4.69, 9.17) is 0 Å². The highest BCUT2D eigenvalue weighted by Gasteiger charge is 2.45. The van der Waals surface area contributed by atoms with Crippen LogP contribution in [-0.2, 0) is 14.8 Å². The molecule has 4 unspecified atom stereocenters. The highest BCUT2D eigenvalue weighted by atomic mass is 32.2. The zero-order valence-electron chi connectivity index (χ0n) is 15.0. The van der Waals surface area contributed by atoms with Gasteiger partial charge >= 0.3 is 0 Å². The van der Waals surface area contributed by atoms with Crippen molar-refractivity contribution in [2.75, 3.05) is 26.2 Å². The van der Waals surface area contributed by atoms with Crippen LogP contribution in [0.2, 0.25) is 0 Å². The number of thiophene rings is 1. The first-order valence-electron chi connectivity index (χ1n) is 9.39. The molecule has 0 spiro atoms. The van der Waals surface area contributed by atoms with Crippen LogP contribution in [-0.4, -0.2) is 60.9 Å². The van der Waals surface area contributed by atoms with Gasteiger partial charge in [0.25, 0.3) is 10.0 Å². The van der Waals surface area contributed by atoms with Crippen molar-refractivity contribution < 1.29 is 18.3 Å². The fourth-order valence-corrected chi connectivity index (χ4v) is 7.68. The van der Waals surface area contributed by atoms with E-state index in [1.807, 2.05) is 17.9 Å². The average Bonchev–Trinajstić information content (AvgIpc) is 3.32. The van der Waals surface area contributed by atoms with Crippen LogP contribution >= 0.6 is 11.3 Å². The van der Waals surface area contributed by atoms with Crippen LogP contribution in [0.25, 0.3) is 0 Å². The number of carbonyl (C=O) groups is 1. The second-order valence-corrected chi connectivity index (χ2v) is 11.3. The lowest BCUT2D eigenvalue weighted by atomic mass is 9.98. The molecule has 2 saturated heterocycles. The molecule has 8 heteroatoms. The van der Waals surface area contributed by atoms with Gasteiger partial charge in [0.1, 0.15) is 4.21 Å². The van der Waals surface area contributed by atoms with Crippen molar-refractivity contribution in [3.8, 4) is 0 Å². The minimum absolute atomic E-state index is 0.0638. The molecule has 4 rings (SSSR count). The molecule has 144 valence electrons. The van der Waals surface area contributed by atoms with Gasteiger partial charge in [-0.1, -0.05) is 0 Å². The van der Waals surface area contributed by atoms with Crippen LogP contribution in [0.1, 0.15) is 30.6 Å². The molecule has 4 atom stereocenters. The lowest BCUT2D eigenvalue weighted by molar-refractivity contribution is -0.136. The average molecular weight is 399 g/mol. The van der Waals surface area contributed by atoms with E-state index in [1.54, 1.807) is 6.07 Å². The van der Waals surface area contributed by atoms with E-state index >= 15 is 0 Å². The number of rotatable bonds is 3. The fourth-order valence-electron chi connectivity index (χ4n) is 4.72. The summed E-state index contributed by atoms with van der Waals surface area (Å²) in [5.41, 5.74) is 0. The van der Waals surface area contributed by atoms with Gasteiger partial charge in [-0.05, 0) is 50.7 Å². The third-order valence-electron chi connectivity index (χ3n) is 6.17. The van der Waals surface area contributed by atoms with Gasteiger partial charge in [-0.3, -0.25) is 4.79 Å². The Morgan fingerprint density at radius 2 is 2.00 bits per heavy atom. The van der Waals surface area contributed by atoms with Crippen molar-refractivity contribution in [3.05, 3.63) is 17.0 Å². The van der Waals surface area contributed by atoms with Crippen molar-refractivity contribution in [2.24, 2.45) is 17.8 Å². The summed E-state index contributed by atoms with van der Waals surface area (Å²) < 4.78 is 27.6. The monoisotopic (exact) mass is 398 g/mol. The number of hydrogen-bond donors (Lipinski definition) is 1. The van der Waals surface area contributed by atoms with Crippen molar-refractivity contribution in [1.29, 1.82) is 0 Å². The van der Waals surface area contributed by atoms with E-state index in [0.29, 0.717) is 36.2 Å². The lowest BCUT2D eigenvalue weighted by Gasteiger charge is -2.33. The number of amides is 1. The smallest absolute Gasteiger partial charge is 0.252 e. The van der Waals surface area contributed by atoms with Crippen molar-refractivity contribution in [3.63, 3.8) is 0 Å². The van der Waals surface area contributed by atoms with Crippen molar-refractivity contribution in [1.82, 2.24) is 9.21 Å². The van der Waals surface area contributed by atoms with Gasteiger partial charge < -0.3 is 10.0 Å². The Morgan fingerprint density at radius 1 is 1.19 bits per heavy atom. The van der Waals surface area contributed by atoms with Crippen LogP contribution in [0, 0.1) is 24.7 Å². The standard InChI is InChI=1S/C18H26N2O4S2/c1-12-4-7-17(25-12)26(23,24)20-8-2-3-14(10-20)18(22)19-9-13-5-6-16(21)15(13)11-19/h4,7,13-16,21H,2-3,5-6,8-11H2,1H3. The molecule has 1 aliphatic carbocycles. The summed E-state index contributed by atoms with van der Waals surface area (Å²) in [6.45, 7) is 3.98. The van der Waals surface area contributed by atoms with Gasteiger partial charge in [0.15, 0.2) is 0 Å². The first kappa shape index (κ1) is 18.4. The molecular formula is C18H26N2O4S2. The summed E-state index contributed by atoms with van der Waals surface area (Å²) in [6, 6.07) is 3.47. The van der Waals surface area contributed by atoms with Crippen LogP contribution in [0.4, 0.5) is 0 Å². The highest BCUT2D eigenvalue weighted by molar-refractivity contribution is 7.91. The summed E-state index contributed by atoms with van der Waals surface area (Å²) in [6.07, 6.45) is 2.99. The number of aliphatic hydroxyl groups is 1. The van der Waals surface area contributed by atoms with Crippen LogP contribution in [0.15, 0.2) is 16.3 Å². The van der Waals surface area contributed by atoms with Gasteiger partial charge in [-0.2, -0.15) is 4.31 Å². The summed E-state index contributed by atoms with van der Waals surface area (Å²) in [4.78, 5) is 15.8. The van der Waals surface area contributed by atoms with Gasteiger partial charge in [-0.15, -0.1) is 11.3 Å². The van der Waals surface area contributed by atoms with Crippen molar-refractivity contribution in [2.45, 2.75) is 42.9 Å². The largest absolute Gasteiger partial charge is 0.393 e. The number of likely N-dealkylation sites (tertiary alicyclic amines) is 1. The molecule has 0 bridgehead atoms. The Balaban J connectivity index is 1.45. The molecule has 6 nitrogen and oxygen atoms in total. The van der Waals surface area contributed by atoms with E-state index in [-0.39, 0.29) is 30.4 Å². The van der Waals surface area contributed by atoms with Gasteiger partial charge in [0.2, 0.25) is 5.91 Å². The predicted molar refractivity (Wildman–Crippen MR) is 99.3 cm³/mol. The third kappa shape index (κ3) is 3.21. The van der Waals surface area contributed by atoms with Crippen LogP contribution in [0.5, 0.6) is 0 Å². The molecule has 3 fully saturated rings. The Kier molecular flexibility index (Phi) is 4.88. The number of fused-ring (bicyclic) bond motifs is 1. The summed E-state index contributed by atoms with van der Waals surface area (Å²) in [5.74, 6) is 0.410. The quantitative estimate of drug-likeness (QED) is 0.840. The summed E-state index contributed by atoms with van der Waals surface area (Å²) >= 11 is 1.28. The molecular weight excluding hydrogens is 372 g/mol. The molecule has 26 heavy (non-hydrogen) atoms. The van der Waals surface area contributed by atoms with Crippen LogP contribution < -0.4 is 0 Å². The maximum Gasteiger partial charge on any atom is 0.252 e. The topological polar surface area (TPSA) is 77.9 Å². The Hall–Kier alpha value is -0.960. The van der Waals surface area contributed by atoms with Gasteiger partial charge in [-0.25, -0.2) is 8.42 Å². The number of aryl methyl sites for hydroxylation is 1. The Bertz CT molecular complexity index is 791. The van der Waals surface area contributed by atoms with E-state index in [0.717, 1.165) is 24.1 Å². The molecule has 3 heterocycles. The third-order valence-corrected chi connectivity index (χ3v) is 9.51. The maximum atomic E-state index is 13.0. The molecule has 1 saturated carbocycles. The highest BCUT2D eigenvalue weighted by Crippen LogP contribution is 2.39. The van der Waals surface area contributed by atoms with Crippen molar-refractivity contribution >= 4 is 27.3 Å². The summed E-state index contributed by atoms with van der Waals surface area (Å²) in [7, 11) is -3.51. The molecule has 3 aliphatic rings. The molecule has 1 amide bonds. The number of piperidine rings is 1. The lowest BCUT2D eigenvalue weighted by Crippen LogP contribution is -2.46. The predicted octanol–water partition coefficient (Wildman–Crippen LogP) is 1.69. The summed E-state index contributed by atoms with van der Waals surface area (Å²) in [5, 5.41) is 10.1. The van der Waals surface area contributed by atoms with E-state index < -0.39 is 10.0 Å². The van der Waals surface area contributed by atoms with Gasteiger partial charge in [0.05, 0.1) is 12.0 Å². The zero-order chi connectivity index (χ0) is 18.5. The molecule has 0 aromatic carbocycles. The normalized spacial score (nSPS) is 32.8. The first-order valence-corrected chi connectivity index (χ1v) is 11.7. The second-order valence-electron chi connectivity index (χ2n) is 7.88. The molecule has 2 aliphatic heterocycles. The molecule has 0 radical (unpaired) electrons. The Labute approximate surface area is 158 Å². The fraction of sp³-hybridized carbons (Fsp3) is 0.722. The van der Waals surface area contributed by atoms with E-state index in [9.17, 15) is 18.3 Å². The minimum Gasteiger partial charge on any atom is -0.393 e. The van der Waals surface area contributed by atoms with Gasteiger partial charge in [0, 0.05) is 37.0 Å². The van der Waals surface area contributed by atoms with E-state index in [2.05, 4.69) is 0 Å². The number of aliphatic hydroxyl groups excluding tert-OH is 1. The molecule has 1 N–H and O–H groups in total. The zero-order valence-corrected chi connectivity index (χ0v) is 16.6. The Morgan fingerprint density at radius 3 is 2.69 bits per heavy atom. The number of carbonyl (C=O) groups excluding carboxylic acids is 1.